The SMILES string of the molecule is N=C(Br)/C=C(\N)C(=O)N1CCC(NC(=O)C2CC2)C1. The van der Waals surface area contributed by atoms with E-state index in [1.54, 1.807) is 4.90 Å². The summed E-state index contributed by atoms with van der Waals surface area (Å²) >= 11 is 2.92. The summed E-state index contributed by atoms with van der Waals surface area (Å²) in [6.07, 6.45) is 3.98. The van der Waals surface area contributed by atoms with E-state index in [1.807, 2.05) is 0 Å². The van der Waals surface area contributed by atoms with Gasteiger partial charge in [-0.3, -0.25) is 15.0 Å². The average molecular weight is 329 g/mol. The third-order valence-corrected chi connectivity index (χ3v) is 3.53. The molecule has 19 heavy (non-hydrogen) atoms. The second-order valence-electron chi connectivity index (χ2n) is 4.97. The molecule has 6 nitrogen and oxygen atoms in total. The van der Waals surface area contributed by atoms with Crippen LogP contribution in [0.5, 0.6) is 0 Å². The summed E-state index contributed by atoms with van der Waals surface area (Å²) in [5.41, 5.74) is 5.65. The Morgan fingerprint density at radius 2 is 2.05 bits per heavy atom. The molecule has 4 N–H and O–H groups in total. The fourth-order valence-electron chi connectivity index (χ4n) is 2.11. The molecule has 2 fully saturated rings. The standard InChI is InChI=1S/C12H17BrN4O2/c13-10(15)5-9(14)12(19)17-4-3-8(6-17)16-11(18)7-1-2-7/h5,7-8,15H,1-4,6,14H2,(H,16,18)/b9-5-,15-10?. The predicted octanol–water partition coefficient (Wildman–Crippen LogP) is 0.328. The van der Waals surface area contributed by atoms with Crippen molar-refractivity contribution in [2.45, 2.75) is 25.3 Å². The number of rotatable bonds is 4. The van der Waals surface area contributed by atoms with Gasteiger partial charge < -0.3 is 16.0 Å². The summed E-state index contributed by atoms with van der Waals surface area (Å²) in [6.45, 7) is 1.07. The van der Waals surface area contributed by atoms with Crippen LogP contribution in [0.4, 0.5) is 0 Å². The van der Waals surface area contributed by atoms with Gasteiger partial charge in [0.25, 0.3) is 5.91 Å². The highest BCUT2D eigenvalue weighted by Gasteiger charge is 2.34. The van der Waals surface area contributed by atoms with Gasteiger partial charge in [0, 0.05) is 25.0 Å². The molecule has 1 heterocycles. The molecular weight excluding hydrogens is 312 g/mol. The number of nitrogens with one attached hydrogen (secondary N) is 2. The topological polar surface area (TPSA) is 99.3 Å². The zero-order chi connectivity index (χ0) is 14.0. The molecule has 104 valence electrons. The van der Waals surface area contributed by atoms with Crippen LogP contribution in [0.2, 0.25) is 0 Å². The smallest absolute Gasteiger partial charge is 0.269 e. The first kappa shape index (κ1) is 14.0. The zero-order valence-corrected chi connectivity index (χ0v) is 12.1. The number of likely N-dealkylation sites (tertiary alicyclic amines) is 1. The van der Waals surface area contributed by atoms with E-state index in [0.717, 1.165) is 19.3 Å². The van der Waals surface area contributed by atoms with E-state index in [-0.39, 0.29) is 34.1 Å². The van der Waals surface area contributed by atoms with Gasteiger partial charge in [-0.15, -0.1) is 0 Å². The van der Waals surface area contributed by atoms with Gasteiger partial charge >= 0.3 is 0 Å². The van der Waals surface area contributed by atoms with Gasteiger partial charge in [-0.2, -0.15) is 0 Å². The summed E-state index contributed by atoms with van der Waals surface area (Å²) in [6, 6.07) is 0.0215. The highest BCUT2D eigenvalue weighted by Crippen LogP contribution is 2.29. The Morgan fingerprint density at radius 1 is 1.37 bits per heavy atom. The van der Waals surface area contributed by atoms with Crippen molar-refractivity contribution in [3.63, 3.8) is 0 Å². The summed E-state index contributed by atoms with van der Waals surface area (Å²) in [5.74, 6) is 0.000932. The van der Waals surface area contributed by atoms with Crippen molar-refractivity contribution < 1.29 is 9.59 Å². The normalized spacial score (nSPS) is 23.3. The highest BCUT2D eigenvalue weighted by molar-refractivity contribution is 9.18. The van der Waals surface area contributed by atoms with Crippen LogP contribution in [0.15, 0.2) is 11.8 Å². The van der Waals surface area contributed by atoms with Crippen LogP contribution in [0.1, 0.15) is 19.3 Å². The fraction of sp³-hybridized carbons (Fsp3) is 0.583. The van der Waals surface area contributed by atoms with E-state index in [2.05, 4.69) is 21.2 Å². The molecule has 2 amide bonds. The fourth-order valence-corrected chi connectivity index (χ4v) is 2.35. The van der Waals surface area contributed by atoms with Crippen molar-refractivity contribution >= 4 is 32.4 Å². The Bertz CT molecular complexity index is 445. The number of nitrogens with zero attached hydrogens (tertiary/aromatic N) is 1. The minimum atomic E-state index is -0.285. The molecule has 1 aliphatic carbocycles. The first-order valence-electron chi connectivity index (χ1n) is 6.28. The van der Waals surface area contributed by atoms with Crippen molar-refractivity contribution in [3.8, 4) is 0 Å². The van der Waals surface area contributed by atoms with Crippen molar-refractivity contribution in [2.75, 3.05) is 13.1 Å². The largest absolute Gasteiger partial charge is 0.394 e. The lowest BCUT2D eigenvalue weighted by molar-refractivity contribution is -0.127. The van der Waals surface area contributed by atoms with Crippen LogP contribution >= 0.6 is 15.9 Å². The lowest BCUT2D eigenvalue weighted by Crippen LogP contribution is -2.40. The number of hydrogen-bond acceptors (Lipinski definition) is 4. The molecule has 1 aliphatic heterocycles. The second-order valence-corrected chi connectivity index (χ2v) is 5.82. The number of hydrogen-bond donors (Lipinski definition) is 3. The number of nitrogens with two attached hydrogens (primary N) is 1. The summed E-state index contributed by atoms with van der Waals surface area (Å²) in [4.78, 5) is 25.2. The number of carbonyl (C=O) groups excluding carboxylic acids is 2. The average Bonchev–Trinajstić information content (AvgIpc) is 3.09. The minimum Gasteiger partial charge on any atom is -0.394 e. The molecule has 0 aromatic rings. The van der Waals surface area contributed by atoms with Crippen molar-refractivity contribution in [1.29, 1.82) is 5.41 Å². The molecule has 0 spiro atoms. The monoisotopic (exact) mass is 328 g/mol. The van der Waals surface area contributed by atoms with E-state index in [4.69, 9.17) is 11.1 Å². The maximum Gasteiger partial charge on any atom is 0.269 e. The Hall–Kier alpha value is -1.37. The van der Waals surface area contributed by atoms with Gasteiger partial charge in [0.05, 0.1) is 4.62 Å². The highest BCUT2D eigenvalue weighted by atomic mass is 79.9. The maximum absolute atomic E-state index is 12.0. The lowest BCUT2D eigenvalue weighted by Gasteiger charge is -2.17. The molecule has 1 saturated heterocycles. The lowest BCUT2D eigenvalue weighted by atomic mass is 10.2. The summed E-state index contributed by atoms with van der Waals surface area (Å²) in [5, 5.41) is 10.2. The van der Waals surface area contributed by atoms with Gasteiger partial charge in [-0.05, 0) is 41.3 Å². The summed E-state index contributed by atoms with van der Waals surface area (Å²) < 4.78 is 0.0659. The predicted molar refractivity (Wildman–Crippen MR) is 74.8 cm³/mol. The van der Waals surface area contributed by atoms with Gasteiger partial charge in [0.2, 0.25) is 5.91 Å². The third-order valence-electron chi connectivity index (χ3n) is 3.30. The molecule has 0 bridgehead atoms. The number of carbonyl (C=O) groups is 2. The van der Waals surface area contributed by atoms with E-state index >= 15 is 0 Å². The first-order valence-corrected chi connectivity index (χ1v) is 7.07. The number of allylic oxidation sites excluding steroid dienone is 1. The second kappa shape index (κ2) is 5.73. The van der Waals surface area contributed by atoms with Gasteiger partial charge in [-0.25, -0.2) is 0 Å². The van der Waals surface area contributed by atoms with Crippen molar-refractivity contribution in [1.82, 2.24) is 10.2 Å². The quantitative estimate of drug-likeness (QED) is 0.512. The van der Waals surface area contributed by atoms with Gasteiger partial charge in [0.1, 0.15) is 5.70 Å². The Kier molecular flexibility index (Phi) is 4.24. The molecule has 2 rings (SSSR count). The van der Waals surface area contributed by atoms with Crippen molar-refractivity contribution in [3.05, 3.63) is 11.8 Å². The summed E-state index contributed by atoms with van der Waals surface area (Å²) in [7, 11) is 0. The molecular formula is C12H17BrN4O2. The van der Waals surface area contributed by atoms with Crippen LogP contribution in [0.3, 0.4) is 0 Å². The minimum absolute atomic E-state index is 0.0215. The number of halogens is 1. The molecule has 0 aromatic heterocycles. The molecule has 0 radical (unpaired) electrons. The third kappa shape index (κ3) is 3.79. The van der Waals surface area contributed by atoms with E-state index in [1.165, 1.54) is 6.08 Å². The number of amides is 2. The van der Waals surface area contributed by atoms with Gasteiger partial charge in [0.15, 0.2) is 0 Å². The van der Waals surface area contributed by atoms with Crippen LogP contribution < -0.4 is 11.1 Å². The van der Waals surface area contributed by atoms with Gasteiger partial charge in [-0.1, -0.05) is 0 Å². The van der Waals surface area contributed by atoms with E-state index in [9.17, 15) is 9.59 Å². The molecule has 1 atom stereocenters. The van der Waals surface area contributed by atoms with Crippen LogP contribution in [-0.4, -0.2) is 40.5 Å². The van der Waals surface area contributed by atoms with E-state index in [0.29, 0.717) is 13.1 Å². The maximum atomic E-state index is 12.0. The molecule has 0 aromatic carbocycles. The Morgan fingerprint density at radius 3 is 2.63 bits per heavy atom. The molecule has 7 heteroatoms. The molecule has 1 unspecified atom stereocenters. The molecule has 1 saturated carbocycles. The zero-order valence-electron chi connectivity index (χ0n) is 10.5. The van der Waals surface area contributed by atoms with Crippen LogP contribution in [0, 0.1) is 11.3 Å². The first-order chi connectivity index (χ1) is 8.97. The Labute approximate surface area is 120 Å². The van der Waals surface area contributed by atoms with Crippen LogP contribution in [0.25, 0.3) is 0 Å². The molecule has 2 aliphatic rings. The van der Waals surface area contributed by atoms with Crippen molar-refractivity contribution in [2.24, 2.45) is 11.7 Å². The van der Waals surface area contributed by atoms with Crippen LogP contribution in [-0.2, 0) is 9.59 Å². The Balaban J connectivity index is 1.85. The van der Waals surface area contributed by atoms with E-state index < -0.39 is 0 Å².